The fraction of sp³-hybridized carbons (Fsp3) is 0.400. The molecule has 1 unspecified atom stereocenters. The lowest BCUT2D eigenvalue weighted by atomic mass is 10.4. The molecule has 0 fully saturated rings. The monoisotopic (exact) mass is 284 g/mol. The van der Waals surface area contributed by atoms with Crippen LogP contribution in [0.5, 0.6) is 0 Å². The number of rotatable bonds is 5. The number of anilines is 1. The Bertz CT molecular complexity index is 626. The Hall–Kier alpha value is -1.87. The Kier molecular flexibility index (Phi) is 3.58. The number of nitrogen functional groups attached to an aromatic ring is 1. The Balaban J connectivity index is 2.13. The number of hydrogen-bond donors (Lipinski definition) is 2. The highest BCUT2D eigenvalue weighted by Crippen LogP contribution is 2.15. The Morgan fingerprint density at radius 3 is 2.79 bits per heavy atom. The van der Waals surface area contributed by atoms with E-state index in [0.29, 0.717) is 6.54 Å². The van der Waals surface area contributed by atoms with Crippen molar-refractivity contribution in [3.63, 3.8) is 0 Å². The first-order valence-corrected chi connectivity index (χ1v) is 7.15. The quantitative estimate of drug-likeness (QED) is 0.774. The molecule has 9 heteroatoms. The van der Waals surface area contributed by atoms with Gasteiger partial charge in [0.1, 0.15) is 0 Å². The van der Waals surface area contributed by atoms with Crippen LogP contribution in [0.15, 0.2) is 29.8 Å². The van der Waals surface area contributed by atoms with Crippen molar-refractivity contribution in [2.24, 2.45) is 7.05 Å². The van der Waals surface area contributed by atoms with Gasteiger partial charge in [0.2, 0.25) is 0 Å². The molecule has 0 bridgehead atoms. The van der Waals surface area contributed by atoms with Gasteiger partial charge in [-0.3, -0.25) is 4.68 Å². The first-order chi connectivity index (χ1) is 8.90. The van der Waals surface area contributed by atoms with Crippen LogP contribution in [0.1, 0.15) is 6.92 Å². The molecule has 2 aromatic rings. The van der Waals surface area contributed by atoms with Crippen LogP contribution in [0.25, 0.3) is 0 Å². The van der Waals surface area contributed by atoms with Crippen molar-refractivity contribution < 1.29 is 8.42 Å². The van der Waals surface area contributed by atoms with Gasteiger partial charge in [0.25, 0.3) is 10.0 Å². The molecule has 2 rings (SSSR count). The van der Waals surface area contributed by atoms with E-state index < -0.39 is 10.0 Å². The molecule has 0 amide bonds. The molecule has 0 aliphatic carbocycles. The number of hydrogen-bond acceptors (Lipinski definition) is 5. The zero-order chi connectivity index (χ0) is 14.0. The van der Waals surface area contributed by atoms with E-state index in [-0.39, 0.29) is 16.9 Å². The molecule has 0 aromatic carbocycles. The van der Waals surface area contributed by atoms with Crippen molar-refractivity contribution in [1.82, 2.24) is 24.1 Å². The van der Waals surface area contributed by atoms with Crippen LogP contribution in [0.4, 0.5) is 5.82 Å². The maximum absolute atomic E-state index is 12.2. The summed E-state index contributed by atoms with van der Waals surface area (Å²) in [4.78, 5) is 3.77. The van der Waals surface area contributed by atoms with E-state index in [0.717, 1.165) is 0 Å². The summed E-state index contributed by atoms with van der Waals surface area (Å²) in [5.74, 6) is -0.0127. The molecule has 2 heterocycles. The van der Waals surface area contributed by atoms with Crippen LogP contribution in [-0.2, 0) is 23.6 Å². The summed E-state index contributed by atoms with van der Waals surface area (Å²) in [5, 5.41) is 4.00. The molecule has 0 saturated carbocycles. The van der Waals surface area contributed by atoms with E-state index in [2.05, 4.69) is 14.8 Å². The minimum absolute atomic E-state index is 0.0127. The third-order valence-corrected chi connectivity index (χ3v) is 4.26. The third kappa shape index (κ3) is 2.93. The molecular formula is C10H16N6O2S. The van der Waals surface area contributed by atoms with E-state index in [9.17, 15) is 8.42 Å². The fourth-order valence-corrected chi connectivity index (χ4v) is 3.28. The van der Waals surface area contributed by atoms with Gasteiger partial charge in [0.05, 0.1) is 12.9 Å². The van der Waals surface area contributed by atoms with Crippen LogP contribution < -0.4 is 10.5 Å². The zero-order valence-corrected chi connectivity index (χ0v) is 11.5. The highest BCUT2D eigenvalue weighted by atomic mass is 32.2. The van der Waals surface area contributed by atoms with E-state index in [1.165, 1.54) is 10.9 Å². The number of aromatic nitrogens is 4. The fourth-order valence-electron chi connectivity index (χ4n) is 1.81. The van der Waals surface area contributed by atoms with E-state index in [1.807, 2.05) is 0 Å². The minimum atomic E-state index is -3.70. The Morgan fingerprint density at radius 1 is 1.53 bits per heavy atom. The highest BCUT2D eigenvalue weighted by molar-refractivity contribution is 7.89. The van der Waals surface area contributed by atoms with E-state index in [1.54, 1.807) is 37.1 Å². The Labute approximate surface area is 111 Å². The van der Waals surface area contributed by atoms with Gasteiger partial charge >= 0.3 is 0 Å². The molecule has 8 nitrogen and oxygen atoms in total. The van der Waals surface area contributed by atoms with Crippen molar-refractivity contribution in [3.8, 4) is 0 Å². The number of nitrogens with zero attached hydrogens (tertiary/aromatic N) is 4. The predicted molar refractivity (Wildman–Crippen MR) is 69.6 cm³/mol. The number of nitrogens with one attached hydrogen (secondary N) is 1. The maximum atomic E-state index is 12.2. The average molecular weight is 284 g/mol. The van der Waals surface area contributed by atoms with Crippen LogP contribution in [0, 0.1) is 0 Å². The summed E-state index contributed by atoms with van der Waals surface area (Å²) < 4.78 is 30.0. The van der Waals surface area contributed by atoms with Crippen LogP contribution >= 0.6 is 0 Å². The smallest absolute Gasteiger partial charge is 0.260 e. The lowest BCUT2D eigenvalue weighted by molar-refractivity contribution is 0.491. The summed E-state index contributed by atoms with van der Waals surface area (Å²) >= 11 is 0. The number of aryl methyl sites for hydroxylation is 1. The first kappa shape index (κ1) is 13.6. The highest BCUT2D eigenvalue weighted by Gasteiger charge is 2.24. The molecule has 1 atom stereocenters. The molecule has 0 radical (unpaired) electrons. The van der Waals surface area contributed by atoms with E-state index in [4.69, 9.17) is 5.73 Å². The molecule has 19 heavy (non-hydrogen) atoms. The van der Waals surface area contributed by atoms with Crippen LogP contribution in [-0.4, -0.2) is 33.8 Å². The van der Waals surface area contributed by atoms with Crippen molar-refractivity contribution in [3.05, 3.63) is 24.8 Å². The van der Waals surface area contributed by atoms with Crippen molar-refractivity contribution in [1.29, 1.82) is 0 Å². The molecular weight excluding hydrogens is 268 g/mol. The second-order valence-electron chi connectivity index (χ2n) is 4.30. The van der Waals surface area contributed by atoms with Gasteiger partial charge in [-0.1, -0.05) is 0 Å². The van der Waals surface area contributed by atoms with E-state index >= 15 is 0 Å². The summed E-state index contributed by atoms with van der Waals surface area (Å²) in [7, 11) is -2.12. The molecule has 0 saturated heterocycles. The molecule has 2 aromatic heterocycles. The third-order valence-electron chi connectivity index (χ3n) is 2.54. The Morgan fingerprint density at radius 2 is 2.26 bits per heavy atom. The molecule has 104 valence electrons. The van der Waals surface area contributed by atoms with Gasteiger partial charge in [-0.05, 0) is 13.0 Å². The van der Waals surface area contributed by atoms with Crippen LogP contribution in [0.2, 0.25) is 0 Å². The zero-order valence-electron chi connectivity index (χ0n) is 10.7. The molecule has 0 spiro atoms. The maximum Gasteiger partial charge on any atom is 0.260 e. The van der Waals surface area contributed by atoms with Gasteiger partial charge in [-0.2, -0.15) is 5.10 Å². The van der Waals surface area contributed by atoms with Gasteiger partial charge in [0.15, 0.2) is 10.8 Å². The second-order valence-corrected chi connectivity index (χ2v) is 5.93. The lowest BCUT2D eigenvalue weighted by Gasteiger charge is -2.14. The standard InChI is InChI=1S/C10H16N6O2S/c1-8(6-16-5-3-4-13-16)14-19(17,18)10-9(11)12-7-15(10)2/h3-5,7-8,14H,6,11H2,1-2H3. The normalized spacial score (nSPS) is 13.6. The summed E-state index contributed by atoms with van der Waals surface area (Å²) in [5.41, 5.74) is 5.57. The minimum Gasteiger partial charge on any atom is -0.381 e. The number of sulfonamides is 1. The predicted octanol–water partition coefficient (Wildman–Crippen LogP) is -0.434. The van der Waals surface area contributed by atoms with Gasteiger partial charge in [-0.15, -0.1) is 0 Å². The molecule has 0 aliphatic rings. The first-order valence-electron chi connectivity index (χ1n) is 5.66. The van der Waals surface area contributed by atoms with Gasteiger partial charge < -0.3 is 10.3 Å². The summed E-state index contributed by atoms with van der Waals surface area (Å²) in [6, 6.07) is 1.46. The topological polar surface area (TPSA) is 108 Å². The molecule has 0 aliphatic heterocycles. The molecule has 3 N–H and O–H groups in total. The lowest BCUT2D eigenvalue weighted by Crippen LogP contribution is -2.36. The van der Waals surface area contributed by atoms with Crippen molar-refractivity contribution >= 4 is 15.8 Å². The largest absolute Gasteiger partial charge is 0.381 e. The average Bonchev–Trinajstić information content (AvgIpc) is 2.88. The summed E-state index contributed by atoms with van der Waals surface area (Å²) in [6.45, 7) is 2.19. The van der Waals surface area contributed by atoms with Crippen molar-refractivity contribution in [2.45, 2.75) is 24.5 Å². The van der Waals surface area contributed by atoms with Gasteiger partial charge in [-0.25, -0.2) is 18.1 Å². The SMILES string of the molecule is CC(Cn1cccn1)NS(=O)(=O)c1c(N)ncn1C. The van der Waals surface area contributed by atoms with Gasteiger partial charge in [0, 0.05) is 25.5 Å². The summed E-state index contributed by atoms with van der Waals surface area (Å²) in [6.07, 6.45) is 4.77. The van der Waals surface area contributed by atoms with Crippen molar-refractivity contribution in [2.75, 3.05) is 5.73 Å². The second kappa shape index (κ2) is 5.02. The van der Waals surface area contributed by atoms with Crippen LogP contribution in [0.3, 0.4) is 0 Å². The number of imidazole rings is 1. The number of nitrogens with two attached hydrogens (primary N) is 1.